The standard InChI is InChI=1S/C37H52N2O/c1-19(2)28-13-25(14-29(20(3)4)35(28)38)34(26-15-30(21(5)6)36(39)31(16-26)22(7)8)27-17-32(23(9)10)37(40)33(18-27)24(11)12/h13-24H,38-39H2,1-12H3. The molecule has 216 valence electrons. The smallest absolute Gasteiger partial charge is 0.185 e. The number of hydrogen-bond donors (Lipinski definition) is 2. The molecule has 3 nitrogen and oxygen atoms in total. The predicted molar refractivity (Wildman–Crippen MR) is 175 cm³/mol. The third kappa shape index (κ3) is 6.14. The predicted octanol–water partition coefficient (Wildman–Crippen LogP) is 9.89. The van der Waals surface area contributed by atoms with Crippen LogP contribution in [0, 0.1) is 11.8 Å². The van der Waals surface area contributed by atoms with E-state index in [0.29, 0.717) is 0 Å². The average molecular weight is 541 g/mol. The Morgan fingerprint density at radius 1 is 0.500 bits per heavy atom. The van der Waals surface area contributed by atoms with E-state index in [1.54, 1.807) is 0 Å². The molecule has 0 radical (unpaired) electrons. The molecule has 0 unspecified atom stereocenters. The lowest BCUT2D eigenvalue weighted by Gasteiger charge is -2.26. The molecule has 1 aliphatic carbocycles. The van der Waals surface area contributed by atoms with Gasteiger partial charge in [0.25, 0.3) is 0 Å². The number of nitrogens with two attached hydrogens (primary N) is 2. The van der Waals surface area contributed by atoms with Crippen LogP contribution in [0.1, 0.15) is 140 Å². The van der Waals surface area contributed by atoms with Crippen LogP contribution in [-0.2, 0) is 4.79 Å². The van der Waals surface area contributed by atoms with E-state index < -0.39 is 0 Å². The van der Waals surface area contributed by atoms with Gasteiger partial charge < -0.3 is 11.5 Å². The number of carbonyl (C=O) groups excluding carboxylic acids is 1. The summed E-state index contributed by atoms with van der Waals surface area (Å²) in [5.74, 6) is 1.54. The average Bonchev–Trinajstić information content (AvgIpc) is 2.85. The van der Waals surface area contributed by atoms with Crippen LogP contribution >= 0.6 is 0 Å². The van der Waals surface area contributed by atoms with E-state index in [9.17, 15) is 4.79 Å². The molecule has 0 fully saturated rings. The maximum Gasteiger partial charge on any atom is 0.185 e. The molecular weight excluding hydrogens is 488 g/mol. The molecule has 1 aliphatic rings. The fraction of sp³-hybridized carbons (Fsp3) is 0.486. The summed E-state index contributed by atoms with van der Waals surface area (Å²) in [5, 5.41) is 0. The molecular formula is C37H52N2O. The molecule has 3 heteroatoms. The highest BCUT2D eigenvalue weighted by atomic mass is 16.1. The zero-order valence-corrected chi connectivity index (χ0v) is 27.0. The van der Waals surface area contributed by atoms with Crippen molar-refractivity contribution in [1.29, 1.82) is 0 Å². The van der Waals surface area contributed by atoms with E-state index in [4.69, 9.17) is 11.5 Å². The van der Waals surface area contributed by atoms with E-state index in [1.807, 2.05) is 0 Å². The summed E-state index contributed by atoms with van der Waals surface area (Å²) >= 11 is 0. The Morgan fingerprint density at radius 2 is 0.775 bits per heavy atom. The SMILES string of the molecule is CC(C)C1=CC(=C(c2cc(C(C)C)c(N)c(C(C)C)c2)c2cc(C(C)C)c(N)c(C(C)C)c2)C=C(C(C)C)C1=O. The van der Waals surface area contributed by atoms with E-state index in [1.165, 1.54) is 0 Å². The molecule has 2 aromatic carbocycles. The van der Waals surface area contributed by atoms with Gasteiger partial charge >= 0.3 is 0 Å². The van der Waals surface area contributed by atoms with Gasteiger partial charge in [0.15, 0.2) is 5.78 Å². The van der Waals surface area contributed by atoms with Crippen LogP contribution in [0.25, 0.3) is 5.57 Å². The Bertz CT molecular complexity index is 1220. The van der Waals surface area contributed by atoms with Gasteiger partial charge in [0.1, 0.15) is 0 Å². The summed E-state index contributed by atoms with van der Waals surface area (Å²) in [6.07, 6.45) is 4.27. The first-order chi connectivity index (χ1) is 18.6. The minimum Gasteiger partial charge on any atom is -0.398 e. The van der Waals surface area contributed by atoms with Gasteiger partial charge in [-0.1, -0.05) is 83.1 Å². The lowest BCUT2D eigenvalue weighted by molar-refractivity contribution is -0.113. The molecule has 0 saturated heterocycles. The Morgan fingerprint density at radius 3 is 1.00 bits per heavy atom. The molecule has 0 aromatic heterocycles. The quantitative estimate of drug-likeness (QED) is 0.327. The molecule has 0 heterocycles. The van der Waals surface area contributed by atoms with Crippen LogP contribution in [0.4, 0.5) is 11.4 Å². The maximum atomic E-state index is 13.5. The molecule has 40 heavy (non-hydrogen) atoms. The Labute approximate surface area is 243 Å². The first-order valence-electron chi connectivity index (χ1n) is 15.2. The van der Waals surface area contributed by atoms with Gasteiger partial charge in [-0.05, 0) is 116 Å². The second-order valence-electron chi connectivity index (χ2n) is 13.4. The van der Waals surface area contributed by atoms with Gasteiger partial charge in [0, 0.05) is 22.5 Å². The molecule has 4 N–H and O–H groups in total. The topological polar surface area (TPSA) is 69.1 Å². The van der Waals surface area contributed by atoms with Crippen LogP contribution in [0.3, 0.4) is 0 Å². The van der Waals surface area contributed by atoms with Crippen molar-refractivity contribution in [3.8, 4) is 0 Å². The second kappa shape index (κ2) is 12.2. The van der Waals surface area contributed by atoms with Gasteiger partial charge in [-0.3, -0.25) is 4.79 Å². The summed E-state index contributed by atoms with van der Waals surface area (Å²) in [5.41, 5.74) is 26.2. The number of hydrogen-bond acceptors (Lipinski definition) is 3. The molecule has 0 spiro atoms. The summed E-state index contributed by atoms with van der Waals surface area (Å²) in [4.78, 5) is 13.5. The summed E-state index contributed by atoms with van der Waals surface area (Å²) in [6.45, 7) is 26.1. The van der Waals surface area contributed by atoms with Gasteiger partial charge in [-0.25, -0.2) is 0 Å². The number of nitrogen functional groups attached to an aromatic ring is 2. The van der Waals surface area contributed by atoms with Gasteiger partial charge in [0.05, 0.1) is 0 Å². The number of anilines is 2. The number of Topliss-reactive ketones (excluding diaryl/α,β-unsaturated/α-hetero) is 1. The Kier molecular flexibility index (Phi) is 9.60. The van der Waals surface area contributed by atoms with Crippen LogP contribution < -0.4 is 11.5 Å². The number of rotatable bonds is 8. The molecule has 0 bridgehead atoms. The van der Waals surface area contributed by atoms with Crippen molar-refractivity contribution >= 4 is 22.7 Å². The van der Waals surface area contributed by atoms with Gasteiger partial charge in [0.2, 0.25) is 0 Å². The molecule has 0 aliphatic heterocycles. The van der Waals surface area contributed by atoms with Crippen molar-refractivity contribution in [3.05, 3.63) is 86.5 Å². The summed E-state index contributed by atoms with van der Waals surface area (Å²) < 4.78 is 0. The first kappa shape index (κ1) is 31.5. The maximum absolute atomic E-state index is 13.5. The van der Waals surface area contributed by atoms with Crippen molar-refractivity contribution in [2.75, 3.05) is 11.5 Å². The van der Waals surface area contributed by atoms with Crippen molar-refractivity contribution in [2.24, 2.45) is 11.8 Å². The lowest BCUT2D eigenvalue weighted by Crippen LogP contribution is -2.19. The van der Waals surface area contributed by atoms with Crippen molar-refractivity contribution < 1.29 is 4.79 Å². The van der Waals surface area contributed by atoms with E-state index in [0.717, 1.165) is 67.0 Å². The highest BCUT2D eigenvalue weighted by Gasteiger charge is 2.27. The molecule has 2 aromatic rings. The molecule has 0 saturated carbocycles. The zero-order chi connectivity index (χ0) is 30.2. The normalized spacial score (nSPS) is 14.3. The van der Waals surface area contributed by atoms with Gasteiger partial charge in [-0.15, -0.1) is 0 Å². The number of benzene rings is 2. The van der Waals surface area contributed by atoms with Crippen molar-refractivity contribution in [2.45, 2.75) is 107 Å². The third-order valence-corrected chi connectivity index (χ3v) is 8.23. The fourth-order valence-electron chi connectivity index (χ4n) is 5.77. The van der Waals surface area contributed by atoms with Crippen molar-refractivity contribution in [1.82, 2.24) is 0 Å². The van der Waals surface area contributed by atoms with Crippen molar-refractivity contribution in [3.63, 3.8) is 0 Å². The molecule has 0 atom stereocenters. The van der Waals surface area contributed by atoms with Crippen LogP contribution in [0.5, 0.6) is 0 Å². The van der Waals surface area contributed by atoms with Crippen LogP contribution in [-0.4, -0.2) is 5.78 Å². The summed E-state index contributed by atoms with van der Waals surface area (Å²) in [7, 11) is 0. The first-order valence-corrected chi connectivity index (χ1v) is 15.2. The highest BCUT2D eigenvalue weighted by Crippen LogP contribution is 2.42. The Hall–Kier alpha value is -3.07. The lowest BCUT2D eigenvalue weighted by atomic mass is 9.78. The number of carbonyl (C=O) groups is 1. The van der Waals surface area contributed by atoms with Crippen LogP contribution in [0.15, 0.2) is 53.1 Å². The molecule has 0 amide bonds. The second-order valence-corrected chi connectivity index (χ2v) is 13.4. The minimum atomic E-state index is 0.124. The Balaban J connectivity index is 2.61. The third-order valence-electron chi connectivity index (χ3n) is 8.23. The van der Waals surface area contributed by atoms with Crippen LogP contribution in [0.2, 0.25) is 0 Å². The van der Waals surface area contributed by atoms with Gasteiger partial charge in [-0.2, -0.15) is 0 Å². The fourth-order valence-corrected chi connectivity index (χ4v) is 5.77. The summed E-state index contributed by atoms with van der Waals surface area (Å²) in [6, 6.07) is 9.10. The highest BCUT2D eigenvalue weighted by molar-refractivity contribution is 6.12. The minimum absolute atomic E-state index is 0.124. The number of ketones is 1. The molecule has 3 rings (SSSR count). The number of allylic oxidation sites excluding steroid dienone is 5. The monoisotopic (exact) mass is 540 g/mol. The largest absolute Gasteiger partial charge is 0.398 e. The van der Waals surface area contributed by atoms with E-state index in [-0.39, 0.29) is 41.3 Å². The van der Waals surface area contributed by atoms with E-state index in [2.05, 4.69) is 120 Å². The van der Waals surface area contributed by atoms with E-state index >= 15 is 0 Å². The zero-order valence-electron chi connectivity index (χ0n) is 27.0.